The molecule has 5 rings (SSSR count). The molecule has 1 aliphatic rings. The Bertz CT molecular complexity index is 1540. The van der Waals surface area contributed by atoms with E-state index in [1.165, 1.54) is 26.4 Å². The molecule has 0 amide bonds. The third-order valence-electron chi connectivity index (χ3n) is 7.17. The number of hydrogen-bond donors (Lipinski definition) is 2. The molecule has 2 aromatic heterocycles. The summed E-state index contributed by atoms with van der Waals surface area (Å²) in [5.74, 6) is 0.00242. The smallest absolute Gasteiger partial charge is 0.337 e. The molecule has 196 valence electrons. The van der Waals surface area contributed by atoms with E-state index in [1.807, 2.05) is 54.9 Å². The van der Waals surface area contributed by atoms with Crippen LogP contribution in [0.3, 0.4) is 0 Å². The molecule has 38 heavy (non-hydrogen) atoms. The number of carbonyl (C=O) groups excluding carboxylic acids is 1. The SMILES string of the molecule is COC(=O)c1ccc(-c2cc3c(NC4CCCCC4)c(C(N)=Nc4cc(C)ccc4Cl)cnn3c2)c(C)c1. The summed E-state index contributed by atoms with van der Waals surface area (Å²) < 4.78 is 6.74. The zero-order chi connectivity index (χ0) is 26.8. The van der Waals surface area contributed by atoms with Crippen LogP contribution in [0, 0.1) is 13.8 Å². The predicted octanol–water partition coefficient (Wildman–Crippen LogP) is 6.84. The second kappa shape index (κ2) is 10.9. The molecule has 0 unspecified atom stereocenters. The van der Waals surface area contributed by atoms with E-state index in [0.29, 0.717) is 28.2 Å². The molecule has 0 atom stereocenters. The van der Waals surface area contributed by atoms with Gasteiger partial charge in [0.25, 0.3) is 0 Å². The van der Waals surface area contributed by atoms with Crippen LogP contribution in [-0.4, -0.2) is 34.6 Å². The van der Waals surface area contributed by atoms with Gasteiger partial charge in [0.1, 0.15) is 5.84 Å². The van der Waals surface area contributed by atoms with Gasteiger partial charge in [-0.15, -0.1) is 0 Å². The Labute approximate surface area is 227 Å². The Balaban J connectivity index is 1.61. The molecule has 1 saturated carbocycles. The molecule has 1 aliphatic carbocycles. The summed E-state index contributed by atoms with van der Waals surface area (Å²) in [7, 11) is 1.39. The van der Waals surface area contributed by atoms with Crippen LogP contribution in [0.5, 0.6) is 0 Å². The number of nitrogens with one attached hydrogen (secondary N) is 1. The zero-order valence-corrected chi connectivity index (χ0v) is 22.7. The minimum atomic E-state index is -0.351. The second-order valence-electron chi connectivity index (χ2n) is 9.94. The Morgan fingerprint density at radius 3 is 2.66 bits per heavy atom. The Morgan fingerprint density at radius 1 is 1.13 bits per heavy atom. The number of rotatable bonds is 6. The molecule has 8 heteroatoms. The highest BCUT2D eigenvalue weighted by Gasteiger charge is 2.20. The summed E-state index contributed by atoms with van der Waals surface area (Å²) in [4.78, 5) is 16.7. The maximum absolute atomic E-state index is 12.0. The summed E-state index contributed by atoms with van der Waals surface area (Å²) in [5, 5.41) is 9.01. The number of hydrogen-bond acceptors (Lipinski definition) is 5. The highest BCUT2D eigenvalue weighted by atomic mass is 35.5. The van der Waals surface area contributed by atoms with Crippen LogP contribution in [0.1, 0.15) is 59.2 Å². The van der Waals surface area contributed by atoms with Crippen molar-refractivity contribution in [2.24, 2.45) is 10.7 Å². The molecule has 0 bridgehead atoms. The highest BCUT2D eigenvalue weighted by molar-refractivity contribution is 6.33. The molecule has 3 N–H and O–H groups in total. The van der Waals surface area contributed by atoms with Crippen LogP contribution < -0.4 is 11.1 Å². The number of aryl methyl sites for hydroxylation is 2. The predicted molar refractivity (Wildman–Crippen MR) is 154 cm³/mol. The topological polar surface area (TPSA) is 94.0 Å². The molecule has 2 heterocycles. The first-order valence-corrected chi connectivity index (χ1v) is 13.3. The fraction of sp³-hybridized carbons (Fsp3) is 0.300. The van der Waals surface area contributed by atoms with Gasteiger partial charge in [0.2, 0.25) is 0 Å². The summed E-state index contributed by atoms with van der Waals surface area (Å²) in [5.41, 5.74) is 14.4. The minimum Gasteiger partial charge on any atom is -0.465 e. The highest BCUT2D eigenvalue weighted by Crippen LogP contribution is 2.33. The van der Waals surface area contributed by atoms with Gasteiger partial charge in [-0.25, -0.2) is 14.3 Å². The van der Waals surface area contributed by atoms with Gasteiger partial charge in [-0.1, -0.05) is 43.0 Å². The van der Waals surface area contributed by atoms with Crippen molar-refractivity contribution >= 4 is 40.3 Å². The van der Waals surface area contributed by atoms with Crippen LogP contribution >= 0.6 is 11.6 Å². The number of carbonyl (C=O) groups is 1. The van der Waals surface area contributed by atoms with Gasteiger partial charge in [-0.05, 0) is 73.7 Å². The van der Waals surface area contributed by atoms with Crippen molar-refractivity contribution in [3.63, 3.8) is 0 Å². The first-order valence-electron chi connectivity index (χ1n) is 12.9. The van der Waals surface area contributed by atoms with Crippen molar-refractivity contribution in [3.05, 3.63) is 82.1 Å². The molecule has 0 aliphatic heterocycles. The third kappa shape index (κ3) is 5.24. The monoisotopic (exact) mass is 529 g/mol. The van der Waals surface area contributed by atoms with Crippen LogP contribution in [-0.2, 0) is 4.74 Å². The first kappa shape index (κ1) is 25.8. The van der Waals surface area contributed by atoms with Gasteiger partial charge < -0.3 is 15.8 Å². The van der Waals surface area contributed by atoms with Crippen molar-refractivity contribution in [3.8, 4) is 11.1 Å². The molecule has 0 saturated heterocycles. The van der Waals surface area contributed by atoms with Gasteiger partial charge >= 0.3 is 5.97 Å². The van der Waals surface area contributed by atoms with Crippen LogP contribution in [0.2, 0.25) is 5.02 Å². The zero-order valence-electron chi connectivity index (χ0n) is 21.9. The number of amidine groups is 1. The third-order valence-corrected chi connectivity index (χ3v) is 7.49. The Kier molecular flexibility index (Phi) is 7.38. The average Bonchev–Trinajstić information content (AvgIpc) is 3.35. The second-order valence-corrected chi connectivity index (χ2v) is 10.4. The number of methoxy groups -OCH3 is 1. The van der Waals surface area contributed by atoms with E-state index in [2.05, 4.69) is 16.5 Å². The number of nitrogens with two attached hydrogens (primary N) is 1. The molecule has 7 nitrogen and oxygen atoms in total. The number of aliphatic imine (C=N–C) groups is 1. The fourth-order valence-electron chi connectivity index (χ4n) is 5.13. The summed E-state index contributed by atoms with van der Waals surface area (Å²) in [6.07, 6.45) is 9.65. The lowest BCUT2D eigenvalue weighted by Crippen LogP contribution is -2.25. The van der Waals surface area contributed by atoms with Gasteiger partial charge in [0.05, 0.1) is 46.3 Å². The number of halogens is 1. The Hall–Kier alpha value is -3.84. The maximum atomic E-state index is 12.0. The van der Waals surface area contributed by atoms with E-state index in [-0.39, 0.29) is 5.97 Å². The molecule has 0 spiro atoms. The molecule has 2 aromatic carbocycles. The number of aromatic nitrogens is 2. The normalized spacial score (nSPS) is 14.6. The molecule has 0 radical (unpaired) electrons. The first-order chi connectivity index (χ1) is 18.3. The quantitative estimate of drug-likeness (QED) is 0.162. The standard InChI is InChI=1S/C30H32ClN5O2/c1-18-9-12-25(31)26(13-18)35-29(32)24-16-33-36-17-21(23-11-10-20(14-19(23)2)30(37)38-3)15-27(36)28(24)34-22-7-5-4-6-8-22/h9-17,22,34H,4-8H2,1-3H3,(H2,32,35). The van der Waals surface area contributed by atoms with E-state index in [1.54, 1.807) is 12.3 Å². The largest absolute Gasteiger partial charge is 0.465 e. The lowest BCUT2D eigenvalue weighted by molar-refractivity contribution is 0.0600. The maximum Gasteiger partial charge on any atom is 0.337 e. The molecular weight excluding hydrogens is 498 g/mol. The van der Waals surface area contributed by atoms with Crippen molar-refractivity contribution in [1.29, 1.82) is 0 Å². The number of anilines is 1. The van der Waals surface area contributed by atoms with Crippen molar-refractivity contribution in [2.75, 3.05) is 12.4 Å². The summed E-state index contributed by atoms with van der Waals surface area (Å²) in [6.45, 7) is 3.98. The number of fused-ring (bicyclic) bond motifs is 1. The lowest BCUT2D eigenvalue weighted by Gasteiger charge is -2.25. The van der Waals surface area contributed by atoms with E-state index in [0.717, 1.165) is 51.9 Å². The van der Waals surface area contributed by atoms with Gasteiger partial charge in [-0.3, -0.25) is 0 Å². The van der Waals surface area contributed by atoms with Crippen LogP contribution in [0.15, 0.2) is 59.9 Å². The summed E-state index contributed by atoms with van der Waals surface area (Å²) >= 11 is 6.42. The van der Waals surface area contributed by atoms with Gasteiger partial charge in [-0.2, -0.15) is 5.10 Å². The number of benzene rings is 2. The van der Waals surface area contributed by atoms with Crippen molar-refractivity contribution in [2.45, 2.75) is 52.0 Å². The number of esters is 1. The van der Waals surface area contributed by atoms with Crippen LogP contribution in [0.25, 0.3) is 16.6 Å². The fourth-order valence-corrected chi connectivity index (χ4v) is 5.29. The minimum absolute atomic E-state index is 0.350. The van der Waals surface area contributed by atoms with E-state index < -0.39 is 0 Å². The number of nitrogens with zero attached hydrogens (tertiary/aromatic N) is 3. The van der Waals surface area contributed by atoms with Crippen LogP contribution in [0.4, 0.5) is 11.4 Å². The summed E-state index contributed by atoms with van der Waals surface area (Å²) in [6, 6.07) is 13.7. The number of ether oxygens (including phenoxy) is 1. The average molecular weight is 530 g/mol. The van der Waals surface area contributed by atoms with Crippen molar-refractivity contribution in [1.82, 2.24) is 9.61 Å². The molecule has 1 fully saturated rings. The van der Waals surface area contributed by atoms with E-state index in [9.17, 15) is 4.79 Å². The van der Waals surface area contributed by atoms with Gasteiger partial charge in [0.15, 0.2) is 0 Å². The molecule has 4 aromatic rings. The lowest BCUT2D eigenvalue weighted by atomic mass is 9.95. The molecular formula is C30H32ClN5O2. The van der Waals surface area contributed by atoms with Gasteiger partial charge in [0, 0.05) is 17.8 Å². The van der Waals surface area contributed by atoms with E-state index in [4.69, 9.17) is 27.1 Å². The van der Waals surface area contributed by atoms with Crippen molar-refractivity contribution < 1.29 is 9.53 Å². The van der Waals surface area contributed by atoms with E-state index >= 15 is 0 Å². The Morgan fingerprint density at radius 2 is 1.92 bits per heavy atom.